The number of rotatable bonds is 6. The molecule has 0 fully saturated rings. The molecule has 0 heterocycles. The molecule has 0 aromatic heterocycles. The van der Waals surface area contributed by atoms with E-state index in [0.717, 1.165) is 28.7 Å². The van der Waals surface area contributed by atoms with Gasteiger partial charge >= 0.3 is 0 Å². The van der Waals surface area contributed by atoms with E-state index < -0.39 is 0 Å². The molecule has 1 aromatic rings. The first-order valence-electron chi connectivity index (χ1n) is 5.94. The van der Waals surface area contributed by atoms with Crippen LogP contribution >= 0.6 is 28.1 Å². The van der Waals surface area contributed by atoms with Gasteiger partial charge in [0.2, 0.25) is 0 Å². The van der Waals surface area contributed by atoms with Crippen LogP contribution in [0.5, 0.6) is 0 Å². The van der Waals surface area contributed by atoms with Crippen molar-refractivity contribution in [3.63, 3.8) is 0 Å². The van der Waals surface area contributed by atoms with Gasteiger partial charge in [-0.3, -0.25) is 0 Å². The van der Waals surface area contributed by atoms with Gasteiger partial charge in [-0.15, -0.1) is 0 Å². The summed E-state index contributed by atoms with van der Waals surface area (Å²) in [6.45, 7) is 5.19. The molecular weight excluding hydrogens is 312 g/mol. The van der Waals surface area contributed by atoms with Crippen LogP contribution < -0.4 is 10.6 Å². The second-order valence-electron chi connectivity index (χ2n) is 4.39. The van der Waals surface area contributed by atoms with Gasteiger partial charge < -0.3 is 15.7 Å². The summed E-state index contributed by atoms with van der Waals surface area (Å²) in [5.41, 5.74) is 7.67. The predicted octanol–water partition coefficient (Wildman–Crippen LogP) is 2.68. The SMILES string of the molecule is CC(C)N(CCCO)c1ccc(Br)cc1C(N)=S. The van der Waals surface area contributed by atoms with Crippen molar-refractivity contribution >= 4 is 38.8 Å². The summed E-state index contributed by atoms with van der Waals surface area (Å²) < 4.78 is 0.958. The summed E-state index contributed by atoms with van der Waals surface area (Å²) in [6.07, 6.45) is 0.727. The van der Waals surface area contributed by atoms with Crippen LogP contribution in [0.15, 0.2) is 22.7 Å². The first kappa shape index (κ1) is 15.4. The van der Waals surface area contributed by atoms with Gasteiger partial charge in [0.25, 0.3) is 0 Å². The fourth-order valence-electron chi connectivity index (χ4n) is 1.85. The van der Waals surface area contributed by atoms with Crippen molar-refractivity contribution in [2.75, 3.05) is 18.1 Å². The minimum absolute atomic E-state index is 0.183. The summed E-state index contributed by atoms with van der Waals surface area (Å²) in [7, 11) is 0. The van der Waals surface area contributed by atoms with Gasteiger partial charge in [0, 0.05) is 34.9 Å². The molecule has 18 heavy (non-hydrogen) atoms. The number of nitrogens with zero attached hydrogens (tertiary/aromatic N) is 1. The van der Waals surface area contributed by atoms with Crippen LogP contribution in [0.1, 0.15) is 25.8 Å². The Morgan fingerprint density at radius 1 is 1.50 bits per heavy atom. The van der Waals surface area contributed by atoms with Crippen molar-refractivity contribution in [2.45, 2.75) is 26.3 Å². The van der Waals surface area contributed by atoms with E-state index in [4.69, 9.17) is 23.1 Å². The third-order valence-corrected chi connectivity index (χ3v) is 3.43. The number of benzene rings is 1. The van der Waals surface area contributed by atoms with Crippen molar-refractivity contribution in [1.29, 1.82) is 0 Å². The Balaban J connectivity index is 3.14. The average Bonchev–Trinajstić information content (AvgIpc) is 2.30. The Morgan fingerprint density at radius 3 is 2.67 bits per heavy atom. The Hall–Kier alpha value is -0.650. The molecule has 0 atom stereocenters. The lowest BCUT2D eigenvalue weighted by molar-refractivity contribution is 0.288. The topological polar surface area (TPSA) is 49.5 Å². The van der Waals surface area contributed by atoms with Crippen molar-refractivity contribution in [3.8, 4) is 0 Å². The third-order valence-electron chi connectivity index (χ3n) is 2.71. The highest BCUT2D eigenvalue weighted by molar-refractivity contribution is 9.10. The molecule has 0 amide bonds. The molecular formula is C13H19BrN2OS. The highest BCUT2D eigenvalue weighted by atomic mass is 79.9. The zero-order valence-corrected chi connectivity index (χ0v) is 13.1. The second kappa shape index (κ2) is 7.07. The molecule has 3 nitrogen and oxygen atoms in total. The van der Waals surface area contributed by atoms with Gasteiger partial charge in [0.1, 0.15) is 4.99 Å². The molecule has 0 radical (unpaired) electrons. The minimum Gasteiger partial charge on any atom is -0.396 e. The van der Waals surface area contributed by atoms with E-state index in [1.807, 2.05) is 18.2 Å². The Kier molecular flexibility index (Phi) is 6.05. The third kappa shape index (κ3) is 3.93. The first-order chi connectivity index (χ1) is 8.47. The predicted molar refractivity (Wildman–Crippen MR) is 84.2 cm³/mol. The number of aliphatic hydroxyl groups excluding tert-OH is 1. The summed E-state index contributed by atoms with van der Waals surface area (Å²) in [4.78, 5) is 2.60. The van der Waals surface area contributed by atoms with Gasteiger partial charge in [0.05, 0.1) is 0 Å². The molecule has 3 N–H and O–H groups in total. The number of nitrogens with two attached hydrogens (primary N) is 1. The number of hydrogen-bond acceptors (Lipinski definition) is 3. The monoisotopic (exact) mass is 330 g/mol. The molecule has 0 aliphatic rings. The summed E-state index contributed by atoms with van der Waals surface area (Å²) >= 11 is 8.54. The van der Waals surface area contributed by atoms with Crippen LogP contribution in [0, 0.1) is 0 Å². The molecule has 1 rings (SSSR count). The Morgan fingerprint density at radius 2 is 2.17 bits per heavy atom. The van der Waals surface area contributed by atoms with Gasteiger partial charge in [-0.2, -0.15) is 0 Å². The van der Waals surface area contributed by atoms with Crippen LogP contribution in [-0.4, -0.2) is 29.3 Å². The molecule has 0 bridgehead atoms. The number of halogens is 1. The number of anilines is 1. The summed E-state index contributed by atoms with van der Waals surface area (Å²) in [6, 6.07) is 6.25. The van der Waals surface area contributed by atoms with Crippen LogP contribution in [-0.2, 0) is 0 Å². The lowest BCUT2D eigenvalue weighted by Gasteiger charge is -2.30. The molecule has 0 spiro atoms. The van der Waals surface area contributed by atoms with Crippen molar-refractivity contribution in [1.82, 2.24) is 0 Å². The quantitative estimate of drug-likeness (QED) is 0.787. The molecule has 0 aliphatic heterocycles. The molecule has 0 saturated carbocycles. The Bertz CT molecular complexity index is 423. The summed E-state index contributed by atoms with van der Waals surface area (Å²) in [5.74, 6) is 0. The zero-order valence-electron chi connectivity index (χ0n) is 10.7. The van der Waals surface area contributed by atoms with E-state index >= 15 is 0 Å². The van der Waals surface area contributed by atoms with E-state index in [-0.39, 0.29) is 6.61 Å². The lowest BCUT2D eigenvalue weighted by atomic mass is 10.1. The van der Waals surface area contributed by atoms with Gasteiger partial charge in [0.15, 0.2) is 0 Å². The largest absolute Gasteiger partial charge is 0.396 e. The molecule has 1 aromatic carbocycles. The molecule has 5 heteroatoms. The fraction of sp³-hybridized carbons (Fsp3) is 0.462. The van der Waals surface area contributed by atoms with Gasteiger partial charge in [-0.1, -0.05) is 28.1 Å². The fourth-order valence-corrected chi connectivity index (χ4v) is 2.38. The van der Waals surface area contributed by atoms with Crippen molar-refractivity contribution in [2.24, 2.45) is 5.73 Å². The summed E-state index contributed by atoms with van der Waals surface area (Å²) in [5, 5.41) is 8.98. The van der Waals surface area contributed by atoms with E-state index in [1.165, 1.54) is 0 Å². The molecule has 100 valence electrons. The molecule has 0 aliphatic carbocycles. The highest BCUT2D eigenvalue weighted by Gasteiger charge is 2.15. The minimum atomic E-state index is 0.183. The van der Waals surface area contributed by atoms with E-state index in [0.29, 0.717) is 11.0 Å². The second-order valence-corrected chi connectivity index (χ2v) is 5.75. The van der Waals surface area contributed by atoms with Crippen molar-refractivity contribution < 1.29 is 5.11 Å². The zero-order chi connectivity index (χ0) is 13.7. The first-order valence-corrected chi connectivity index (χ1v) is 7.14. The van der Waals surface area contributed by atoms with Crippen LogP contribution in [0.3, 0.4) is 0 Å². The Labute approximate surface area is 122 Å². The lowest BCUT2D eigenvalue weighted by Crippen LogP contribution is -2.34. The van der Waals surface area contributed by atoms with E-state index in [9.17, 15) is 0 Å². The standard InChI is InChI=1S/C13H19BrN2OS/c1-9(2)16(6-3-7-17)12-5-4-10(14)8-11(12)13(15)18/h4-5,8-9,17H,3,6-7H2,1-2H3,(H2,15,18). The van der Waals surface area contributed by atoms with Crippen molar-refractivity contribution in [3.05, 3.63) is 28.2 Å². The maximum absolute atomic E-state index is 8.98. The van der Waals surface area contributed by atoms with Gasteiger partial charge in [-0.25, -0.2) is 0 Å². The average molecular weight is 331 g/mol. The maximum atomic E-state index is 8.98. The highest BCUT2D eigenvalue weighted by Crippen LogP contribution is 2.26. The maximum Gasteiger partial charge on any atom is 0.106 e. The van der Waals surface area contributed by atoms with E-state index in [1.54, 1.807) is 0 Å². The van der Waals surface area contributed by atoms with Crippen LogP contribution in [0.25, 0.3) is 0 Å². The van der Waals surface area contributed by atoms with Gasteiger partial charge in [-0.05, 0) is 38.5 Å². The number of thiocarbonyl (C=S) groups is 1. The van der Waals surface area contributed by atoms with Crippen LogP contribution in [0.2, 0.25) is 0 Å². The number of aliphatic hydroxyl groups is 1. The smallest absolute Gasteiger partial charge is 0.106 e. The normalized spacial score (nSPS) is 10.7. The molecule has 0 unspecified atom stereocenters. The molecule has 0 saturated heterocycles. The van der Waals surface area contributed by atoms with Crippen LogP contribution in [0.4, 0.5) is 5.69 Å². The van der Waals surface area contributed by atoms with E-state index in [2.05, 4.69) is 34.7 Å². The number of hydrogen-bond donors (Lipinski definition) is 2.